The predicted molar refractivity (Wildman–Crippen MR) is 78.3 cm³/mol. The number of benzene rings is 1. The van der Waals surface area contributed by atoms with Gasteiger partial charge in [0.05, 0.1) is 12.4 Å². The Labute approximate surface area is 116 Å². The first kappa shape index (κ1) is 16.0. The second kappa shape index (κ2) is 8.17. The molecule has 1 rings (SSSR count). The highest BCUT2D eigenvalue weighted by Gasteiger charge is 2.01. The van der Waals surface area contributed by atoms with Crippen molar-refractivity contribution in [3.05, 3.63) is 29.8 Å². The Morgan fingerprint density at radius 1 is 1.21 bits per heavy atom. The third-order valence-corrected chi connectivity index (χ3v) is 3.61. The molecule has 0 aromatic heterocycles. The van der Waals surface area contributed by atoms with Crippen LogP contribution in [-0.2, 0) is 16.4 Å². The molecule has 0 saturated heterocycles. The minimum Gasteiger partial charge on any atom is -0.494 e. The molecule has 0 amide bonds. The summed E-state index contributed by atoms with van der Waals surface area (Å²) in [7, 11) is -2.88. The predicted octanol–water partition coefficient (Wildman–Crippen LogP) is 2.00. The number of ether oxygens (including phenoxy) is 1. The fraction of sp³-hybridized carbons (Fsp3) is 0.571. The lowest BCUT2D eigenvalue weighted by Crippen LogP contribution is -2.21. The molecular weight excluding hydrogens is 262 g/mol. The van der Waals surface area contributed by atoms with E-state index in [1.807, 2.05) is 24.3 Å². The van der Waals surface area contributed by atoms with E-state index in [4.69, 9.17) is 4.74 Å². The van der Waals surface area contributed by atoms with E-state index < -0.39 is 9.84 Å². The van der Waals surface area contributed by atoms with Gasteiger partial charge in [-0.1, -0.05) is 25.5 Å². The van der Waals surface area contributed by atoms with E-state index in [2.05, 4.69) is 12.2 Å². The van der Waals surface area contributed by atoms with Crippen molar-refractivity contribution < 1.29 is 13.2 Å². The molecule has 0 saturated carbocycles. The van der Waals surface area contributed by atoms with Gasteiger partial charge in [-0.2, -0.15) is 0 Å². The maximum absolute atomic E-state index is 11.0. The van der Waals surface area contributed by atoms with Gasteiger partial charge in [-0.3, -0.25) is 0 Å². The van der Waals surface area contributed by atoms with Gasteiger partial charge in [0, 0.05) is 19.3 Å². The molecule has 4 nitrogen and oxygen atoms in total. The van der Waals surface area contributed by atoms with Gasteiger partial charge in [0.25, 0.3) is 0 Å². The van der Waals surface area contributed by atoms with Crippen LogP contribution in [0, 0.1) is 0 Å². The topological polar surface area (TPSA) is 55.4 Å². The molecule has 0 aliphatic rings. The van der Waals surface area contributed by atoms with Gasteiger partial charge in [-0.05, 0) is 24.1 Å². The van der Waals surface area contributed by atoms with Crippen molar-refractivity contribution in [1.82, 2.24) is 5.32 Å². The molecule has 0 aliphatic carbocycles. The van der Waals surface area contributed by atoms with E-state index in [1.54, 1.807) is 0 Å². The number of hydrogen-bond acceptors (Lipinski definition) is 4. The molecule has 0 fully saturated rings. The molecule has 0 bridgehead atoms. The monoisotopic (exact) mass is 285 g/mol. The van der Waals surface area contributed by atoms with E-state index in [0.29, 0.717) is 13.1 Å². The Bertz CT molecular complexity index is 454. The summed E-state index contributed by atoms with van der Waals surface area (Å²) in [5, 5.41) is 3.11. The molecule has 5 heteroatoms. The Morgan fingerprint density at radius 2 is 1.89 bits per heavy atom. The normalized spacial score (nSPS) is 11.5. The van der Waals surface area contributed by atoms with E-state index in [9.17, 15) is 8.42 Å². The summed E-state index contributed by atoms with van der Waals surface area (Å²) < 4.78 is 27.5. The summed E-state index contributed by atoms with van der Waals surface area (Å²) in [6.45, 7) is 4.04. The van der Waals surface area contributed by atoms with Crippen molar-refractivity contribution in [2.45, 2.75) is 26.3 Å². The van der Waals surface area contributed by atoms with Crippen LogP contribution in [0.3, 0.4) is 0 Å². The van der Waals surface area contributed by atoms with Gasteiger partial charge >= 0.3 is 0 Å². The first-order valence-corrected chi connectivity index (χ1v) is 8.67. The Morgan fingerprint density at radius 3 is 2.47 bits per heavy atom. The van der Waals surface area contributed by atoms with Crippen molar-refractivity contribution in [1.29, 1.82) is 0 Å². The zero-order valence-electron chi connectivity index (χ0n) is 11.7. The van der Waals surface area contributed by atoms with E-state index >= 15 is 0 Å². The van der Waals surface area contributed by atoms with Crippen molar-refractivity contribution >= 4 is 9.84 Å². The number of rotatable bonds is 9. The fourth-order valence-electron chi connectivity index (χ4n) is 1.53. The van der Waals surface area contributed by atoms with E-state index in [-0.39, 0.29) is 5.75 Å². The van der Waals surface area contributed by atoms with Gasteiger partial charge in [0.15, 0.2) is 0 Å². The molecule has 0 heterocycles. The summed E-state index contributed by atoms with van der Waals surface area (Å²) in [6.07, 6.45) is 3.44. The SMILES string of the molecule is CCCCOc1ccc(CNCCS(C)(=O)=O)cc1. The highest BCUT2D eigenvalue weighted by molar-refractivity contribution is 7.90. The highest BCUT2D eigenvalue weighted by Crippen LogP contribution is 2.12. The van der Waals surface area contributed by atoms with Crippen LogP contribution in [-0.4, -0.2) is 33.6 Å². The van der Waals surface area contributed by atoms with Crippen LogP contribution in [0.5, 0.6) is 5.75 Å². The Kier molecular flexibility index (Phi) is 6.87. The zero-order chi connectivity index (χ0) is 14.1. The molecule has 0 spiro atoms. The second-order valence-corrected chi connectivity index (χ2v) is 6.91. The van der Waals surface area contributed by atoms with Crippen LogP contribution in [0.1, 0.15) is 25.3 Å². The summed E-state index contributed by atoms with van der Waals surface area (Å²) in [4.78, 5) is 0. The molecular formula is C14H23NO3S. The van der Waals surface area contributed by atoms with E-state index in [1.165, 1.54) is 6.26 Å². The van der Waals surface area contributed by atoms with E-state index in [0.717, 1.165) is 30.8 Å². The van der Waals surface area contributed by atoms with Crippen LogP contribution < -0.4 is 10.1 Å². The van der Waals surface area contributed by atoms with Crippen molar-refractivity contribution in [3.63, 3.8) is 0 Å². The molecule has 1 aromatic carbocycles. The number of hydrogen-bond donors (Lipinski definition) is 1. The summed E-state index contributed by atoms with van der Waals surface area (Å²) in [5.41, 5.74) is 1.12. The summed E-state index contributed by atoms with van der Waals surface area (Å²) in [6, 6.07) is 7.88. The Balaban J connectivity index is 2.28. The maximum atomic E-state index is 11.0. The van der Waals surface area contributed by atoms with Crippen molar-refractivity contribution in [2.75, 3.05) is 25.2 Å². The molecule has 0 atom stereocenters. The summed E-state index contributed by atoms with van der Waals surface area (Å²) >= 11 is 0. The van der Waals surface area contributed by atoms with Gasteiger partial charge in [-0.25, -0.2) is 8.42 Å². The first-order chi connectivity index (χ1) is 9.01. The number of unbranched alkanes of at least 4 members (excludes halogenated alkanes) is 1. The fourth-order valence-corrected chi connectivity index (χ4v) is 2.04. The largest absolute Gasteiger partial charge is 0.494 e. The number of nitrogens with one attached hydrogen (secondary N) is 1. The van der Waals surface area contributed by atoms with Crippen LogP contribution in [0.2, 0.25) is 0 Å². The Hall–Kier alpha value is -1.07. The van der Waals surface area contributed by atoms with Crippen molar-refractivity contribution in [2.24, 2.45) is 0 Å². The number of sulfone groups is 1. The highest BCUT2D eigenvalue weighted by atomic mass is 32.2. The summed E-state index contributed by atoms with van der Waals surface area (Å²) in [5.74, 6) is 1.05. The lowest BCUT2D eigenvalue weighted by molar-refractivity contribution is 0.309. The minimum absolute atomic E-state index is 0.172. The van der Waals surface area contributed by atoms with Gasteiger partial charge in [0.1, 0.15) is 15.6 Å². The third-order valence-electron chi connectivity index (χ3n) is 2.67. The van der Waals surface area contributed by atoms with Gasteiger partial charge in [-0.15, -0.1) is 0 Å². The smallest absolute Gasteiger partial charge is 0.148 e. The quantitative estimate of drug-likeness (QED) is 0.705. The standard InChI is InChI=1S/C14H23NO3S/c1-3-4-10-18-14-7-5-13(6-8-14)12-15-9-11-19(2,16)17/h5-8,15H,3-4,9-12H2,1-2H3. The average Bonchev–Trinajstić information content (AvgIpc) is 2.36. The van der Waals surface area contributed by atoms with Crippen LogP contribution in [0.4, 0.5) is 0 Å². The molecule has 0 aliphatic heterocycles. The van der Waals surface area contributed by atoms with Crippen LogP contribution in [0.15, 0.2) is 24.3 Å². The van der Waals surface area contributed by atoms with Crippen molar-refractivity contribution in [3.8, 4) is 5.75 Å². The lowest BCUT2D eigenvalue weighted by atomic mass is 10.2. The van der Waals surface area contributed by atoms with Crippen LogP contribution >= 0.6 is 0 Å². The molecule has 1 N–H and O–H groups in total. The third kappa shape index (κ3) is 7.85. The molecule has 1 aromatic rings. The molecule has 0 unspecified atom stereocenters. The molecule has 19 heavy (non-hydrogen) atoms. The first-order valence-electron chi connectivity index (χ1n) is 6.61. The molecule has 0 radical (unpaired) electrons. The van der Waals surface area contributed by atoms with Gasteiger partial charge in [0.2, 0.25) is 0 Å². The van der Waals surface area contributed by atoms with Gasteiger partial charge < -0.3 is 10.1 Å². The zero-order valence-corrected chi connectivity index (χ0v) is 12.5. The average molecular weight is 285 g/mol. The van der Waals surface area contributed by atoms with Crippen LogP contribution in [0.25, 0.3) is 0 Å². The maximum Gasteiger partial charge on any atom is 0.148 e. The minimum atomic E-state index is -2.88. The lowest BCUT2D eigenvalue weighted by Gasteiger charge is -2.07. The second-order valence-electron chi connectivity index (χ2n) is 4.65. The molecule has 108 valence electrons.